The number of hydrogen-bond donors (Lipinski definition) is 2. The van der Waals surface area contributed by atoms with E-state index in [9.17, 15) is 0 Å². The van der Waals surface area contributed by atoms with Gasteiger partial charge in [0, 0.05) is 12.2 Å². The summed E-state index contributed by atoms with van der Waals surface area (Å²) in [4.78, 5) is 0. The number of rotatable bonds is 7. The lowest BCUT2D eigenvalue weighted by Gasteiger charge is -2.06. The van der Waals surface area contributed by atoms with Crippen molar-refractivity contribution in [2.45, 2.75) is 19.4 Å². The van der Waals surface area contributed by atoms with Crippen LogP contribution < -0.4 is 5.73 Å². The molecule has 0 aliphatic heterocycles. The van der Waals surface area contributed by atoms with E-state index in [0.717, 1.165) is 30.6 Å². The van der Waals surface area contributed by atoms with E-state index in [0.29, 0.717) is 6.61 Å². The molecule has 3 heteroatoms. The van der Waals surface area contributed by atoms with Crippen molar-refractivity contribution >= 4 is 5.84 Å². The first kappa shape index (κ1) is 14.3. The van der Waals surface area contributed by atoms with Crippen LogP contribution in [0.1, 0.15) is 23.1 Å². The third-order valence-corrected chi connectivity index (χ3v) is 3.10. The van der Waals surface area contributed by atoms with E-state index in [2.05, 4.69) is 24.3 Å². The third-order valence-electron chi connectivity index (χ3n) is 3.10. The van der Waals surface area contributed by atoms with E-state index in [4.69, 9.17) is 15.9 Å². The van der Waals surface area contributed by atoms with Gasteiger partial charge < -0.3 is 10.5 Å². The van der Waals surface area contributed by atoms with Crippen LogP contribution in [-0.2, 0) is 17.8 Å². The van der Waals surface area contributed by atoms with Gasteiger partial charge in [-0.3, -0.25) is 5.41 Å². The predicted octanol–water partition coefficient (Wildman–Crippen LogP) is 3.12. The molecule has 2 rings (SSSR count). The van der Waals surface area contributed by atoms with Crippen LogP contribution in [0.4, 0.5) is 0 Å². The number of nitrogens with two attached hydrogens (primary N) is 1. The topological polar surface area (TPSA) is 59.1 Å². The molecule has 0 bridgehead atoms. The van der Waals surface area contributed by atoms with Gasteiger partial charge >= 0.3 is 0 Å². The molecular weight excluding hydrogens is 248 g/mol. The Morgan fingerprint density at radius 3 is 2.50 bits per heavy atom. The van der Waals surface area contributed by atoms with Crippen molar-refractivity contribution < 1.29 is 4.74 Å². The standard InChI is InChI=1S/C17H20N2O/c18-17(19)16-10-4-8-15(12-16)13-20-11-5-9-14-6-2-1-3-7-14/h1-4,6-8,10,12H,5,9,11,13H2,(H3,18,19). The fraction of sp³-hybridized carbons (Fsp3) is 0.235. The largest absolute Gasteiger partial charge is 0.384 e. The number of nitrogen functional groups attached to an aromatic ring is 1. The maximum absolute atomic E-state index is 7.41. The average Bonchev–Trinajstić information content (AvgIpc) is 2.48. The first-order valence-corrected chi connectivity index (χ1v) is 6.81. The van der Waals surface area contributed by atoms with Crippen LogP contribution in [0.3, 0.4) is 0 Å². The lowest BCUT2D eigenvalue weighted by atomic mass is 10.1. The number of nitrogens with one attached hydrogen (secondary N) is 1. The summed E-state index contributed by atoms with van der Waals surface area (Å²) in [6.45, 7) is 1.30. The van der Waals surface area contributed by atoms with Gasteiger partial charge in [0.05, 0.1) is 6.61 Å². The Kier molecular flexibility index (Phi) is 5.33. The second kappa shape index (κ2) is 7.46. The molecule has 2 aromatic carbocycles. The highest BCUT2D eigenvalue weighted by atomic mass is 16.5. The van der Waals surface area contributed by atoms with Crippen LogP contribution >= 0.6 is 0 Å². The van der Waals surface area contributed by atoms with Crippen molar-refractivity contribution in [1.82, 2.24) is 0 Å². The third kappa shape index (κ3) is 4.52. The highest BCUT2D eigenvalue weighted by Crippen LogP contribution is 2.07. The van der Waals surface area contributed by atoms with E-state index in [-0.39, 0.29) is 5.84 Å². The molecule has 0 saturated heterocycles. The molecule has 0 fully saturated rings. The summed E-state index contributed by atoms with van der Waals surface area (Å²) < 4.78 is 5.66. The molecule has 0 unspecified atom stereocenters. The van der Waals surface area contributed by atoms with Crippen molar-refractivity contribution in [3.05, 3.63) is 71.3 Å². The molecule has 0 spiro atoms. The van der Waals surface area contributed by atoms with Crippen LogP contribution in [0.2, 0.25) is 0 Å². The molecule has 0 heterocycles. The lowest BCUT2D eigenvalue weighted by Crippen LogP contribution is -2.11. The van der Waals surface area contributed by atoms with E-state index < -0.39 is 0 Å². The zero-order chi connectivity index (χ0) is 14.2. The van der Waals surface area contributed by atoms with Gasteiger partial charge in [0.2, 0.25) is 0 Å². The average molecular weight is 268 g/mol. The zero-order valence-electron chi connectivity index (χ0n) is 11.5. The van der Waals surface area contributed by atoms with E-state index in [1.807, 2.05) is 30.3 Å². The molecule has 3 nitrogen and oxygen atoms in total. The fourth-order valence-electron chi connectivity index (χ4n) is 2.04. The molecule has 0 aliphatic carbocycles. The van der Waals surface area contributed by atoms with Crippen LogP contribution in [0, 0.1) is 5.41 Å². The fourth-order valence-corrected chi connectivity index (χ4v) is 2.04. The summed E-state index contributed by atoms with van der Waals surface area (Å²) in [6.07, 6.45) is 2.05. The van der Waals surface area contributed by atoms with Crippen LogP contribution in [-0.4, -0.2) is 12.4 Å². The summed E-state index contributed by atoms with van der Waals surface area (Å²) in [5, 5.41) is 7.41. The van der Waals surface area contributed by atoms with Crippen molar-refractivity contribution in [2.75, 3.05) is 6.61 Å². The summed E-state index contributed by atoms with van der Waals surface area (Å²) in [5.74, 6) is 0.0935. The molecule has 2 aromatic rings. The molecule has 0 atom stereocenters. The molecule has 0 amide bonds. The van der Waals surface area contributed by atoms with Gasteiger partial charge in [-0.25, -0.2) is 0 Å². The number of amidine groups is 1. The van der Waals surface area contributed by atoms with Gasteiger partial charge in [-0.15, -0.1) is 0 Å². The molecule has 0 aromatic heterocycles. The van der Waals surface area contributed by atoms with Gasteiger partial charge in [0.15, 0.2) is 0 Å². The minimum absolute atomic E-state index is 0.0935. The first-order chi connectivity index (χ1) is 9.75. The molecule has 0 saturated carbocycles. The van der Waals surface area contributed by atoms with Crippen LogP contribution in [0.25, 0.3) is 0 Å². The van der Waals surface area contributed by atoms with Crippen molar-refractivity contribution in [2.24, 2.45) is 5.73 Å². The van der Waals surface area contributed by atoms with Crippen molar-refractivity contribution in [3.8, 4) is 0 Å². The Balaban J connectivity index is 1.71. The molecular formula is C17H20N2O. The first-order valence-electron chi connectivity index (χ1n) is 6.81. The summed E-state index contributed by atoms with van der Waals surface area (Å²) >= 11 is 0. The second-order valence-electron chi connectivity index (χ2n) is 4.76. The van der Waals surface area contributed by atoms with Crippen LogP contribution in [0.15, 0.2) is 54.6 Å². The quantitative estimate of drug-likeness (QED) is 0.460. The molecule has 3 N–H and O–H groups in total. The number of benzene rings is 2. The van der Waals surface area contributed by atoms with E-state index >= 15 is 0 Å². The Morgan fingerprint density at radius 2 is 1.75 bits per heavy atom. The van der Waals surface area contributed by atoms with Crippen LogP contribution in [0.5, 0.6) is 0 Å². The van der Waals surface area contributed by atoms with Gasteiger partial charge in [-0.05, 0) is 30.0 Å². The van der Waals surface area contributed by atoms with Crippen molar-refractivity contribution in [1.29, 1.82) is 5.41 Å². The van der Waals surface area contributed by atoms with E-state index in [1.165, 1.54) is 5.56 Å². The number of ether oxygens (including phenoxy) is 1. The smallest absolute Gasteiger partial charge is 0.122 e. The summed E-state index contributed by atoms with van der Waals surface area (Å²) in [6, 6.07) is 18.0. The van der Waals surface area contributed by atoms with Crippen molar-refractivity contribution in [3.63, 3.8) is 0 Å². The zero-order valence-corrected chi connectivity index (χ0v) is 11.5. The minimum Gasteiger partial charge on any atom is -0.384 e. The lowest BCUT2D eigenvalue weighted by molar-refractivity contribution is 0.118. The maximum atomic E-state index is 7.41. The predicted molar refractivity (Wildman–Crippen MR) is 81.9 cm³/mol. The van der Waals surface area contributed by atoms with E-state index in [1.54, 1.807) is 0 Å². The number of aryl methyl sites for hydroxylation is 1. The maximum Gasteiger partial charge on any atom is 0.122 e. The molecule has 0 aliphatic rings. The Morgan fingerprint density at radius 1 is 1.00 bits per heavy atom. The molecule has 0 radical (unpaired) electrons. The summed E-state index contributed by atoms with van der Waals surface area (Å²) in [5.41, 5.74) is 8.61. The van der Waals surface area contributed by atoms with Gasteiger partial charge in [-0.1, -0.05) is 48.5 Å². The highest BCUT2D eigenvalue weighted by Gasteiger charge is 1.99. The Labute approximate surface area is 119 Å². The van der Waals surface area contributed by atoms with Gasteiger partial charge in [-0.2, -0.15) is 0 Å². The Hall–Kier alpha value is -2.13. The number of hydrogen-bond acceptors (Lipinski definition) is 2. The highest BCUT2D eigenvalue weighted by molar-refractivity contribution is 5.95. The van der Waals surface area contributed by atoms with Gasteiger partial charge in [0.25, 0.3) is 0 Å². The summed E-state index contributed by atoms with van der Waals surface area (Å²) in [7, 11) is 0. The SMILES string of the molecule is N=C(N)c1cccc(COCCCc2ccccc2)c1. The Bertz CT molecular complexity index is 552. The monoisotopic (exact) mass is 268 g/mol. The second-order valence-corrected chi connectivity index (χ2v) is 4.76. The minimum atomic E-state index is 0.0935. The molecule has 20 heavy (non-hydrogen) atoms. The normalized spacial score (nSPS) is 10.4. The van der Waals surface area contributed by atoms with Gasteiger partial charge in [0.1, 0.15) is 5.84 Å². The molecule has 104 valence electrons.